The van der Waals surface area contributed by atoms with Gasteiger partial charge in [0.1, 0.15) is 18.3 Å². The molecule has 4 atom stereocenters. The first-order valence-corrected chi connectivity index (χ1v) is 18.0. The van der Waals surface area contributed by atoms with E-state index in [9.17, 15) is 14.7 Å². The zero-order chi connectivity index (χ0) is 29.1. The number of hydrogen-bond acceptors (Lipinski definition) is 9. The molecule has 0 aliphatic carbocycles. The number of aromatic nitrogens is 4. The first-order valence-electron chi connectivity index (χ1n) is 14.1. The van der Waals surface area contributed by atoms with E-state index in [-0.39, 0.29) is 39.9 Å². The van der Waals surface area contributed by atoms with Crippen LogP contribution < -0.4 is 11.2 Å². The highest BCUT2D eigenvalue weighted by Gasteiger charge is 2.61. The number of aromatic amines is 1. The fourth-order valence-electron chi connectivity index (χ4n) is 6.19. The summed E-state index contributed by atoms with van der Waals surface area (Å²) in [6.07, 6.45) is -4.18. The minimum absolute atomic E-state index is 0.0157. The molecule has 2 fully saturated rings. The highest BCUT2D eigenvalue weighted by molar-refractivity contribution is 6.84. The Morgan fingerprint density at radius 2 is 1.50 bits per heavy atom. The van der Waals surface area contributed by atoms with Crippen molar-refractivity contribution in [1.29, 1.82) is 0 Å². The van der Waals surface area contributed by atoms with Crippen molar-refractivity contribution < 1.29 is 22.8 Å². The third-order valence-corrected chi connectivity index (χ3v) is 18.6. The summed E-state index contributed by atoms with van der Waals surface area (Å²) in [5.74, 6) is 0. The monoisotopic (exact) mass is 588 g/mol. The summed E-state index contributed by atoms with van der Waals surface area (Å²) in [5, 5.41) is 11.6. The summed E-state index contributed by atoms with van der Waals surface area (Å²) in [6, 6.07) is 7.09. The van der Waals surface area contributed by atoms with Crippen LogP contribution in [0.5, 0.6) is 0 Å². The van der Waals surface area contributed by atoms with Crippen molar-refractivity contribution in [2.75, 3.05) is 6.61 Å². The van der Waals surface area contributed by atoms with Gasteiger partial charge in [0.05, 0.1) is 17.6 Å². The van der Waals surface area contributed by atoms with Crippen LogP contribution in [0.4, 0.5) is 0 Å². The molecule has 4 heterocycles. The molecule has 2 aliphatic heterocycles. The number of aliphatic hydroxyl groups is 1. The quantitative estimate of drug-likeness (QED) is 0.336. The number of fused-ring (bicyclic) bond motifs is 3. The number of nitrogens with one attached hydrogen (secondary N) is 1. The van der Waals surface area contributed by atoms with Crippen LogP contribution in [0.25, 0.3) is 22.2 Å². The van der Waals surface area contributed by atoms with E-state index in [1.54, 1.807) is 24.3 Å². The smallest absolute Gasteiger partial charge is 0.335 e. The summed E-state index contributed by atoms with van der Waals surface area (Å²) < 4.78 is 28.0. The first kappa shape index (κ1) is 29.2. The maximum Gasteiger partial charge on any atom is 0.335 e. The van der Waals surface area contributed by atoms with Crippen LogP contribution in [0.1, 0.15) is 61.6 Å². The van der Waals surface area contributed by atoms with Gasteiger partial charge in [0.25, 0.3) is 5.56 Å². The molecule has 1 aromatic carbocycles. The lowest BCUT2D eigenvalue weighted by atomic mass is 10.1. The number of nitrogens with zero attached hydrogens (tertiary/aromatic N) is 3. The van der Waals surface area contributed by atoms with Crippen molar-refractivity contribution in [3.63, 3.8) is 0 Å². The van der Waals surface area contributed by atoms with Crippen LogP contribution in [-0.2, 0) is 17.7 Å². The normalized spacial score (nSPS) is 26.6. The maximum absolute atomic E-state index is 13.7. The number of benzene rings is 1. The Bertz CT molecular complexity index is 1510. The standard InChI is InChI=1S/C27H40N4O7Si2/c1-14(2)39(15(3)4)35-13-20-23(37-40(38-39,16(5)6)17(7)8)22(32)26(36-20)31-25(33)21-24(30-27(31)34)29-19-12-10-9-11-18(19)28-21/h9-12,14-17,20,22-23,26,32H,13H2,1-8H3,(H,29,30,34)/t20-,22-,23-,26-/m1/s1. The van der Waals surface area contributed by atoms with Crippen molar-refractivity contribution in [3.8, 4) is 0 Å². The van der Waals surface area contributed by atoms with E-state index in [0.29, 0.717) is 11.0 Å². The van der Waals surface area contributed by atoms with Crippen LogP contribution in [0.3, 0.4) is 0 Å². The van der Waals surface area contributed by atoms with Gasteiger partial charge >= 0.3 is 22.8 Å². The van der Waals surface area contributed by atoms with E-state index in [2.05, 4.69) is 70.3 Å². The zero-order valence-electron chi connectivity index (χ0n) is 24.4. The van der Waals surface area contributed by atoms with Crippen LogP contribution in [0.2, 0.25) is 22.2 Å². The summed E-state index contributed by atoms with van der Waals surface area (Å²) in [7, 11) is -5.87. The number of H-pyrrole nitrogens is 1. The topological polar surface area (TPSA) is 138 Å². The average Bonchev–Trinajstić information content (AvgIpc) is 3.16. The molecule has 13 heteroatoms. The van der Waals surface area contributed by atoms with Crippen molar-refractivity contribution in [2.24, 2.45) is 0 Å². The summed E-state index contributed by atoms with van der Waals surface area (Å²) in [4.78, 5) is 38.4. The molecule has 0 radical (unpaired) electrons. The third-order valence-electron chi connectivity index (χ3n) is 8.33. The number of para-hydroxylation sites is 2. The highest BCUT2D eigenvalue weighted by Crippen LogP contribution is 2.48. The largest absolute Gasteiger partial charge is 0.414 e. The zero-order valence-corrected chi connectivity index (χ0v) is 26.4. The molecular weight excluding hydrogens is 548 g/mol. The summed E-state index contributed by atoms with van der Waals surface area (Å²) in [5.41, 5.74) is 0.0422. The average molecular weight is 589 g/mol. The maximum atomic E-state index is 13.7. The van der Waals surface area contributed by atoms with E-state index in [4.69, 9.17) is 17.7 Å². The van der Waals surface area contributed by atoms with Crippen molar-refractivity contribution in [2.45, 2.75) is 102 Å². The molecule has 11 nitrogen and oxygen atoms in total. The Kier molecular flexibility index (Phi) is 7.70. The predicted octanol–water partition coefficient (Wildman–Crippen LogP) is 3.85. The van der Waals surface area contributed by atoms with E-state index < -0.39 is 52.9 Å². The Morgan fingerprint density at radius 1 is 0.925 bits per heavy atom. The Balaban J connectivity index is 1.61. The molecule has 2 aliphatic rings. The minimum Gasteiger partial charge on any atom is -0.414 e. The van der Waals surface area contributed by atoms with Crippen molar-refractivity contribution in [1.82, 2.24) is 19.5 Å². The molecule has 2 aromatic heterocycles. The van der Waals surface area contributed by atoms with Gasteiger partial charge in [0.15, 0.2) is 17.4 Å². The van der Waals surface area contributed by atoms with Gasteiger partial charge in [-0.1, -0.05) is 67.5 Å². The third kappa shape index (κ3) is 4.51. The Morgan fingerprint density at radius 3 is 2.08 bits per heavy atom. The fraction of sp³-hybridized carbons (Fsp3) is 0.630. The second kappa shape index (κ2) is 10.5. The molecular formula is C27H40N4O7Si2. The van der Waals surface area contributed by atoms with E-state index >= 15 is 0 Å². The van der Waals surface area contributed by atoms with Crippen LogP contribution in [-0.4, -0.2) is 66.7 Å². The van der Waals surface area contributed by atoms with Crippen molar-refractivity contribution in [3.05, 3.63) is 45.1 Å². The van der Waals surface area contributed by atoms with E-state index in [0.717, 1.165) is 4.57 Å². The molecule has 3 aromatic rings. The molecule has 2 saturated heterocycles. The molecule has 0 amide bonds. The second-order valence-corrected chi connectivity index (χ2v) is 21.0. The van der Waals surface area contributed by atoms with Crippen LogP contribution in [0.15, 0.2) is 33.9 Å². The van der Waals surface area contributed by atoms with Crippen LogP contribution in [0, 0.1) is 0 Å². The molecule has 40 heavy (non-hydrogen) atoms. The molecule has 0 saturated carbocycles. The van der Waals surface area contributed by atoms with Crippen LogP contribution >= 0.6 is 0 Å². The molecule has 0 spiro atoms. The fourth-order valence-corrected chi connectivity index (χ4v) is 17.4. The number of ether oxygens (including phenoxy) is 1. The summed E-state index contributed by atoms with van der Waals surface area (Å²) in [6.45, 7) is 17.0. The van der Waals surface area contributed by atoms with Gasteiger partial charge in [-0.2, -0.15) is 0 Å². The van der Waals surface area contributed by atoms with Gasteiger partial charge < -0.3 is 22.8 Å². The van der Waals surface area contributed by atoms with E-state index in [1.165, 1.54) is 0 Å². The second-order valence-electron chi connectivity index (χ2n) is 12.1. The lowest BCUT2D eigenvalue weighted by Crippen LogP contribution is -2.65. The SMILES string of the molecule is CC(C)[Si]1(C(C)C)OC[C@H]2O[C@@H](n3c(=O)[nH]c4nc5ccccc5nc4c3=O)[C@H](O)[C@@H]2O[Si](C(C)C)(C(C)C)O1. The Labute approximate surface area is 235 Å². The van der Waals surface area contributed by atoms with Gasteiger partial charge in [0.2, 0.25) is 0 Å². The number of aliphatic hydroxyl groups excluding tert-OH is 1. The van der Waals surface area contributed by atoms with E-state index in [1.807, 2.05) is 0 Å². The summed E-state index contributed by atoms with van der Waals surface area (Å²) >= 11 is 0. The Hall–Kier alpha value is -2.27. The number of hydrogen-bond donors (Lipinski definition) is 2. The van der Waals surface area contributed by atoms with Crippen molar-refractivity contribution >= 4 is 39.3 Å². The molecule has 0 bridgehead atoms. The lowest BCUT2D eigenvalue weighted by molar-refractivity contribution is -0.0610. The molecule has 5 rings (SSSR count). The van der Waals surface area contributed by atoms with Gasteiger partial charge in [0, 0.05) is 0 Å². The first-order chi connectivity index (χ1) is 18.8. The highest BCUT2D eigenvalue weighted by atomic mass is 28.5. The lowest BCUT2D eigenvalue weighted by Gasteiger charge is -2.51. The van der Waals surface area contributed by atoms with Gasteiger partial charge in [-0.05, 0) is 34.3 Å². The molecule has 0 unspecified atom stereocenters. The van der Waals surface area contributed by atoms with Gasteiger partial charge in [-0.25, -0.2) is 19.3 Å². The predicted molar refractivity (Wildman–Crippen MR) is 156 cm³/mol. The van der Waals surface area contributed by atoms with Gasteiger partial charge in [-0.15, -0.1) is 0 Å². The van der Waals surface area contributed by atoms with Gasteiger partial charge in [-0.3, -0.25) is 9.78 Å². The molecule has 218 valence electrons. The molecule has 2 N–H and O–H groups in total. The number of rotatable bonds is 5. The minimum atomic E-state index is -3.04.